The van der Waals surface area contributed by atoms with Crippen molar-refractivity contribution in [1.29, 1.82) is 0 Å². The van der Waals surface area contributed by atoms with Gasteiger partial charge < -0.3 is 9.84 Å². The van der Waals surface area contributed by atoms with Gasteiger partial charge >= 0.3 is 0 Å². The zero-order chi connectivity index (χ0) is 13.0. The number of halogens is 2. The van der Waals surface area contributed by atoms with Crippen LogP contribution in [0.25, 0.3) is 0 Å². The summed E-state index contributed by atoms with van der Waals surface area (Å²) in [6, 6.07) is 11.9. The maximum atomic E-state index is 13.3. The molecule has 0 aliphatic rings. The summed E-state index contributed by atoms with van der Waals surface area (Å²) < 4.78 is 31.0. The van der Waals surface area contributed by atoms with Gasteiger partial charge in [0.05, 0.1) is 0 Å². The van der Waals surface area contributed by atoms with Crippen molar-refractivity contribution in [2.75, 3.05) is 6.61 Å². The average Bonchev–Trinajstić information content (AvgIpc) is 2.38. The van der Waals surface area contributed by atoms with Gasteiger partial charge in [-0.15, -0.1) is 0 Å². The maximum absolute atomic E-state index is 13.3. The lowest BCUT2D eigenvalue weighted by atomic mass is 10.1. The molecule has 0 saturated heterocycles. The number of ether oxygens (including phenoxy) is 1. The van der Waals surface area contributed by atoms with E-state index in [1.807, 2.05) is 6.07 Å². The van der Waals surface area contributed by atoms with Gasteiger partial charge in [0, 0.05) is 6.07 Å². The predicted molar refractivity (Wildman–Crippen MR) is 63.3 cm³/mol. The van der Waals surface area contributed by atoms with Crippen LogP contribution in [0.4, 0.5) is 8.78 Å². The molecule has 1 N–H and O–H groups in total. The van der Waals surface area contributed by atoms with Crippen molar-refractivity contribution in [2.24, 2.45) is 0 Å². The molecular weight excluding hydrogens is 238 g/mol. The molecule has 1 atom stereocenters. The number of benzene rings is 2. The summed E-state index contributed by atoms with van der Waals surface area (Å²) in [6.45, 7) is -0.0907. The Kier molecular flexibility index (Phi) is 3.89. The van der Waals surface area contributed by atoms with Crippen LogP contribution in [-0.4, -0.2) is 11.7 Å². The number of hydrogen-bond donors (Lipinski definition) is 1. The second-order valence-corrected chi connectivity index (χ2v) is 3.81. The van der Waals surface area contributed by atoms with E-state index in [1.54, 1.807) is 24.3 Å². The molecular formula is C14H12F2O2. The van der Waals surface area contributed by atoms with Crippen LogP contribution >= 0.6 is 0 Å². The third-order valence-corrected chi connectivity index (χ3v) is 2.47. The predicted octanol–water partition coefficient (Wildman–Crippen LogP) is 3.08. The standard InChI is InChI=1S/C14H12F2O2/c15-11-6-7-14(12(16)8-11)18-9-13(17)10-4-2-1-3-5-10/h1-8,13,17H,9H2. The Morgan fingerprint density at radius 1 is 1.06 bits per heavy atom. The normalized spacial score (nSPS) is 12.2. The molecule has 0 aromatic heterocycles. The molecule has 0 saturated carbocycles. The maximum Gasteiger partial charge on any atom is 0.167 e. The topological polar surface area (TPSA) is 29.5 Å². The van der Waals surface area contributed by atoms with Gasteiger partial charge in [-0.3, -0.25) is 0 Å². The fraction of sp³-hybridized carbons (Fsp3) is 0.143. The first kappa shape index (κ1) is 12.5. The van der Waals surface area contributed by atoms with Crippen molar-refractivity contribution in [3.63, 3.8) is 0 Å². The van der Waals surface area contributed by atoms with Gasteiger partial charge in [-0.25, -0.2) is 8.78 Å². The Morgan fingerprint density at radius 3 is 2.44 bits per heavy atom. The van der Waals surface area contributed by atoms with E-state index in [0.717, 1.165) is 12.1 Å². The minimum absolute atomic E-state index is 0.0774. The molecule has 0 aliphatic heterocycles. The van der Waals surface area contributed by atoms with Crippen LogP contribution in [0.15, 0.2) is 48.5 Å². The lowest BCUT2D eigenvalue weighted by Gasteiger charge is -2.13. The fourth-order valence-electron chi connectivity index (χ4n) is 1.53. The number of rotatable bonds is 4. The van der Waals surface area contributed by atoms with Gasteiger partial charge in [0.2, 0.25) is 0 Å². The highest BCUT2D eigenvalue weighted by molar-refractivity contribution is 5.25. The second-order valence-electron chi connectivity index (χ2n) is 3.81. The Bertz CT molecular complexity index is 514. The Labute approximate surface area is 103 Å². The van der Waals surface area contributed by atoms with Gasteiger partial charge in [-0.2, -0.15) is 0 Å². The fourth-order valence-corrected chi connectivity index (χ4v) is 1.53. The summed E-state index contributed by atoms with van der Waals surface area (Å²) in [5.41, 5.74) is 0.681. The molecule has 0 spiro atoms. The highest BCUT2D eigenvalue weighted by Gasteiger charge is 2.10. The van der Waals surface area contributed by atoms with Crippen molar-refractivity contribution in [2.45, 2.75) is 6.10 Å². The molecule has 4 heteroatoms. The molecule has 18 heavy (non-hydrogen) atoms. The van der Waals surface area contributed by atoms with E-state index in [1.165, 1.54) is 6.07 Å². The quantitative estimate of drug-likeness (QED) is 0.903. The van der Waals surface area contributed by atoms with Crippen molar-refractivity contribution in [3.8, 4) is 5.75 Å². The summed E-state index contributed by atoms with van der Waals surface area (Å²) in [6.07, 6.45) is -0.851. The van der Waals surface area contributed by atoms with E-state index < -0.39 is 17.7 Å². The van der Waals surface area contributed by atoms with Crippen LogP contribution < -0.4 is 4.74 Å². The second kappa shape index (κ2) is 5.60. The van der Waals surface area contributed by atoms with E-state index in [9.17, 15) is 13.9 Å². The molecule has 0 bridgehead atoms. The monoisotopic (exact) mass is 250 g/mol. The summed E-state index contributed by atoms with van der Waals surface area (Å²) >= 11 is 0. The Morgan fingerprint density at radius 2 is 1.78 bits per heavy atom. The average molecular weight is 250 g/mol. The SMILES string of the molecule is OC(COc1ccc(F)cc1F)c1ccccc1. The van der Waals surface area contributed by atoms with Gasteiger partial charge in [-0.1, -0.05) is 30.3 Å². The number of hydrogen-bond acceptors (Lipinski definition) is 2. The third kappa shape index (κ3) is 3.05. The molecule has 2 rings (SSSR count). The van der Waals surface area contributed by atoms with Crippen LogP contribution in [0.5, 0.6) is 5.75 Å². The van der Waals surface area contributed by atoms with Crippen LogP contribution in [0, 0.1) is 11.6 Å². The van der Waals surface area contributed by atoms with Crippen molar-refractivity contribution in [3.05, 3.63) is 65.7 Å². The molecule has 2 nitrogen and oxygen atoms in total. The first-order valence-electron chi connectivity index (χ1n) is 5.47. The van der Waals surface area contributed by atoms with Crippen LogP contribution in [0.1, 0.15) is 11.7 Å². The molecule has 2 aromatic carbocycles. The first-order valence-corrected chi connectivity index (χ1v) is 5.47. The minimum atomic E-state index is -0.851. The summed E-state index contributed by atoms with van der Waals surface area (Å²) in [4.78, 5) is 0. The lowest BCUT2D eigenvalue weighted by molar-refractivity contribution is 0.106. The molecule has 1 unspecified atom stereocenters. The number of aliphatic hydroxyl groups excluding tert-OH is 1. The highest BCUT2D eigenvalue weighted by atomic mass is 19.1. The molecule has 0 aliphatic carbocycles. The van der Waals surface area contributed by atoms with E-state index in [4.69, 9.17) is 4.74 Å². The van der Waals surface area contributed by atoms with E-state index in [0.29, 0.717) is 5.56 Å². The molecule has 0 fully saturated rings. The van der Waals surface area contributed by atoms with E-state index in [2.05, 4.69) is 0 Å². The van der Waals surface area contributed by atoms with Crippen LogP contribution in [0.3, 0.4) is 0 Å². The van der Waals surface area contributed by atoms with Gasteiger partial charge in [0.15, 0.2) is 11.6 Å². The lowest BCUT2D eigenvalue weighted by Crippen LogP contribution is -2.10. The largest absolute Gasteiger partial charge is 0.487 e. The third-order valence-electron chi connectivity index (χ3n) is 2.47. The van der Waals surface area contributed by atoms with E-state index >= 15 is 0 Å². The smallest absolute Gasteiger partial charge is 0.167 e. The highest BCUT2D eigenvalue weighted by Crippen LogP contribution is 2.20. The molecule has 0 amide bonds. The minimum Gasteiger partial charge on any atom is -0.487 e. The van der Waals surface area contributed by atoms with Gasteiger partial charge in [0.25, 0.3) is 0 Å². The molecule has 0 heterocycles. The Balaban J connectivity index is 1.99. The first-order chi connectivity index (χ1) is 8.66. The van der Waals surface area contributed by atoms with Gasteiger partial charge in [-0.05, 0) is 17.7 Å². The summed E-state index contributed by atoms with van der Waals surface area (Å²) in [5, 5.41) is 9.81. The Hall–Kier alpha value is -1.94. The summed E-state index contributed by atoms with van der Waals surface area (Å²) in [7, 11) is 0. The van der Waals surface area contributed by atoms with E-state index in [-0.39, 0.29) is 12.4 Å². The molecule has 0 radical (unpaired) electrons. The van der Waals surface area contributed by atoms with Crippen molar-refractivity contribution in [1.82, 2.24) is 0 Å². The van der Waals surface area contributed by atoms with Crippen LogP contribution in [0.2, 0.25) is 0 Å². The molecule has 2 aromatic rings. The van der Waals surface area contributed by atoms with Gasteiger partial charge in [0.1, 0.15) is 18.5 Å². The number of aliphatic hydroxyl groups is 1. The zero-order valence-corrected chi connectivity index (χ0v) is 9.51. The van der Waals surface area contributed by atoms with Crippen LogP contribution in [-0.2, 0) is 0 Å². The zero-order valence-electron chi connectivity index (χ0n) is 9.51. The van der Waals surface area contributed by atoms with Crippen molar-refractivity contribution < 1.29 is 18.6 Å². The summed E-state index contributed by atoms with van der Waals surface area (Å²) in [5.74, 6) is -1.52. The molecule has 94 valence electrons. The van der Waals surface area contributed by atoms with Crippen molar-refractivity contribution >= 4 is 0 Å².